The maximum absolute atomic E-state index is 5.52. The molecule has 0 aliphatic heterocycles. The zero-order valence-corrected chi connectivity index (χ0v) is 5.97. The van der Waals surface area contributed by atoms with Crippen LogP contribution < -0.4 is 5.73 Å². The van der Waals surface area contributed by atoms with E-state index in [0.717, 1.165) is 6.54 Å². The van der Waals surface area contributed by atoms with Gasteiger partial charge in [0, 0.05) is 7.11 Å². The van der Waals surface area contributed by atoms with Gasteiger partial charge in [-0.3, -0.25) is 0 Å². The van der Waals surface area contributed by atoms with E-state index in [1.807, 2.05) is 0 Å². The van der Waals surface area contributed by atoms with E-state index in [-0.39, 0.29) is 0 Å². The van der Waals surface area contributed by atoms with Gasteiger partial charge in [0.1, 0.15) is 0 Å². The summed E-state index contributed by atoms with van der Waals surface area (Å²) in [5.74, 6) is 0.634. The average molecular weight is 129 g/mol. The minimum atomic E-state index is 0.454. The molecule has 1 aliphatic carbocycles. The quantitative estimate of drug-likeness (QED) is 0.597. The normalized spacial score (nSPS) is 35.3. The minimum absolute atomic E-state index is 0.454. The molecule has 1 saturated carbocycles. The summed E-state index contributed by atoms with van der Waals surface area (Å²) >= 11 is 0. The molecule has 0 unspecified atom stereocenters. The molecule has 9 heavy (non-hydrogen) atoms. The SMILES string of the molecule is CO[C@H]1CCC[C@@H]1CN. The van der Waals surface area contributed by atoms with Crippen molar-refractivity contribution in [3.8, 4) is 0 Å². The van der Waals surface area contributed by atoms with Crippen molar-refractivity contribution < 1.29 is 4.74 Å². The highest BCUT2D eigenvalue weighted by molar-refractivity contribution is 4.77. The molecule has 0 aromatic rings. The van der Waals surface area contributed by atoms with Crippen molar-refractivity contribution in [1.82, 2.24) is 0 Å². The van der Waals surface area contributed by atoms with Crippen LogP contribution in [0.5, 0.6) is 0 Å². The lowest BCUT2D eigenvalue weighted by molar-refractivity contribution is 0.0741. The molecule has 0 radical (unpaired) electrons. The van der Waals surface area contributed by atoms with Gasteiger partial charge in [-0.25, -0.2) is 0 Å². The van der Waals surface area contributed by atoms with Crippen molar-refractivity contribution in [1.29, 1.82) is 0 Å². The van der Waals surface area contributed by atoms with Gasteiger partial charge >= 0.3 is 0 Å². The molecule has 1 rings (SSSR count). The van der Waals surface area contributed by atoms with Gasteiger partial charge < -0.3 is 10.5 Å². The van der Waals surface area contributed by atoms with E-state index in [1.54, 1.807) is 7.11 Å². The summed E-state index contributed by atoms with van der Waals surface area (Å²) in [6, 6.07) is 0. The second-order valence-corrected chi connectivity index (χ2v) is 2.70. The third-order valence-electron chi connectivity index (χ3n) is 2.19. The molecule has 0 saturated heterocycles. The van der Waals surface area contributed by atoms with Crippen molar-refractivity contribution in [3.63, 3.8) is 0 Å². The highest BCUT2D eigenvalue weighted by atomic mass is 16.5. The smallest absolute Gasteiger partial charge is 0.0611 e. The van der Waals surface area contributed by atoms with Crippen molar-refractivity contribution in [3.05, 3.63) is 0 Å². The lowest BCUT2D eigenvalue weighted by Gasteiger charge is -2.14. The molecule has 1 fully saturated rings. The fourth-order valence-corrected chi connectivity index (χ4v) is 1.58. The van der Waals surface area contributed by atoms with Crippen LogP contribution in [0.2, 0.25) is 0 Å². The first kappa shape index (κ1) is 7.03. The van der Waals surface area contributed by atoms with Crippen LogP contribution in [0.15, 0.2) is 0 Å². The first-order chi connectivity index (χ1) is 4.38. The second kappa shape index (κ2) is 3.18. The fourth-order valence-electron chi connectivity index (χ4n) is 1.58. The van der Waals surface area contributed by atoms with E-state index >= 15 is 0 Å². The van der Waals surface area contributed by atoms with E-state index in [4.69, 9.17) is 10.5 Å². The van der Waals surface area contributed by atoms with Crippen LogP contribution in [0.3, 0.4) is 0 Å². The monoisotopic (exact) mass is 129 g/mol. The lowest BCUT2D eigenvalue weighted by Crippen LogP contribution is -2.23. The third kappa shape index (κ3) is 1.43. The standard InChI is InChI=1S/C7H15NO/c1-9-7-4-2-3-6(7)5-8/h6-7H,2-5,8H2,1H3/t6-,7+/m1/s1. The third-order valence-corrected chi connectivity index (χ3v) is 2.19. The summed E-state index contributed by atoms with van der Waals surface area (Å²) in [5, 5.41) is 0. The number of hydrogen-bond acceptors (Lipinski definition) is 2. The largest absolute Gasteiger partial charge is 0.381 e. The molecule has 0 heterocycles. The highest BCUT2D eigenvalue weighted by Gasteiger charge is 2.25. The van der Waals surface area contributed by atoms with Crippen LogP contribution in [0.4, 0.5) is 0 Å². The molecule has 1 aliphatic rings. The first-order valence-corrected chi connectivity index (χ1v) is 3.61. The topological polar surface area (TPSA) is 35.2 Å². The molecular weight excluding hydrogens is 114 g/mol. The molecule has 2 heteroatoms. The summed E-state index contributed by atoms with van der Waals surface area (Å²) in [6.07, 6.45) is 4.21. The molecule has 0 aromatic carbocycles. The second-order valence-electron chi connectivity index (χ2n) is 2.70. The Bertz CT molecular complexity index is 75.0. The summed E-state index contributed by atoms with van der Waals surface area (Å²) in [6.45, 7) is 0.790. The average Bonchev–Trinajstić information content (AvgIpc) is 2.33. The summed E-state index contributed by atoms with van der Waals surface area (Å²) in [4.78, 5) is 0. The van der Waals surface area contributed by atoms with Crippen LogP contribution in [0.1, 0.15) is 19.3 Å². The summed E-state index contributed by atoms with van der Waals surface area (Å²) in [5.41, 5.74) is 5.52. The van der Waals surface area contributed by atoms with E-state index in [0.29, 0.717) is 12.0 Å². The van der Waals surface area contributed by atoms with E-state index in [2.05, 4.69) is 0 Å². The van der Waals surface area contributed by atoms with Crippen LogP contribution in [0.25, 0.3) is 0 Å². The van der Waals surface area contributed by atoms with Gasteiger partial charge in [0.05, 0.1) is 6.10 Å². The molecule has 2 N–H and O–H groups in total. The van der Waals surface area contributed by atoms with E-state index in [1.165, 1.54) is 19.3 Å². The number of methoxy groups -OCH3 is 1. The fraction of sp³-hybridized carbons (Fsp3) is 1.00. The number of hydrogen-bond donors (Lipinski definition) is 1. The number of rotatable bonds is 2. The van der Waals surface area contributed by atoms with Crippen molar-refractivity contribution >= 4 is 0 Å². The molecular formula is C7H15NO. The van der Waals surface area contributed by atoms with Gasteiger partial charge in [-0.2, -0.15) is 0 Å². The zero-order chi connectivity index (χ0) is 6.69. The molecule has 54 valence electrons. The van der Waals surface area contributed by atoms with Crippen molar-refractivity contribution in [2.45, 2.75) is 25.4 Å². The van der Waals surface area contributed by atoms with Crippen LogP contribution in [-0.4, -0.2) is 19.8 Å². The molecule has 0 spiro atoms. The van der Waals surface area contributed by atoms with Gasteiger partial charge in [-0.05, 0) is 25.3 Å². The van der Waals surface area contributed by atoms with Crippen LogP contribution in [-0.2, 0) is 4.74 Å². The van der Waals surface area contributed by atoms with Gasteiger partial charge in [0.25, 0.3) is 0 Å². The Morgan fingerprint density at radius 3 is 2.78 bits per heavy atom. The van der Waals surface area contributed by atoms with Gasteiger partial charge in [0.2, 0.25) is 0 Å². The number of ether oxygens (including phenoxy) is 1. The Morgan fingerprint density at radius 1 is 1.56 bits per heavy atom. The minimum Gasteiger partial charge on any atom is -0.381 e. The Balaban J connectivity index is 2.32. The highest BCUT2D eigenvalue weighted by Crippen LogP contribution is 2.26. The summed E-state index contributed by atoms with van der Waals surface area (Å²) in [7, 11) is 1.78. The van der Waals surface area contributed by atoms with Crippen molar-refractivity contribution in [2.75, 3.05) is 13.7 Å². The Kier molecular flexibility index (Phi) is 2.49. The first-order valence-electron chi connectivity index (χ1n) is 3.61. The lowest BCUT2D eigenvalue weighted by atomic mass is 10.1. The van der Waals surface area contributed by atoms with Gasteiger partial charge in [0.15, 0.2) is 0 Å². The number of nitrogens with two attached hydrogens (primary N) is 1. The van der Waals surface area contributed by atoms with E-state index < -0.39 is 0 Å². The van der Waals surface area contributed by atoms with Crippen LogP contribution >= 0.6 is 0 Å². The van der Waals surface area contributed by atoms with Crippen LogP contribution in [0, 0.1) is 5.92 Å². The maximum Gasteiger partial charge on any atom is 0.0611 e. The molecule has 0 bridgehead atoms. The molecule has 0 amide bonds. The van der Waals surface area contributed by atoms with Crippen molar-refractivity contribution in [2.24, 2.45) is 11.7 Å². The Labute approximate surface area is 56.4 Å². The molecule has 2 nitrogen and oxygen atoms in total. The van der Waals surface area contributed by atoms with Gasteiger partial charge in [-0.15, -0.1) is 0 Å². The predicted octanol–water partition coefficient (Wildman–Crippen LogP) is 0.760. The molecule has 2 atom stereocenters. The molecule has 0 aromatic heterocycles. The predicted molar refractivity (Wildman–Crippen MR) is 37.2 cm³/mol. The summed E-state index contributed by atoms with van der Waals surface area (Å²) < 4.78 is 5.23. The van der Waals surface area contributed by atoms with E-state index in [9.17, 15) is 0 Å². The maximum atomic E-state index is 5.52. The zero-order valence-electron chi connectivity index (χ0n) is 5.97. The Morgan fingerprint density at radius 2 is 2.33 bits per heavy atom. The van der Waals surface area contributed by atoms with Gasteiger partial charge in [-0.1, -0.05) is 6.42 Å². The Hall–Kier alpha value is -0.0800.